The minimum Gasteiger partial charge on any atom is -0.392 e. The topological polar surface area (TPSA) is 38.0 Å². The third-order valence-electron chi connectivity index (χ3n) is 3.16. The van der Waals surface area contributed by atoms with Gasteiger partial charge in [0.2, 0.25) is 0 Å². The first-order chi connectivity index (χ1) is 8.17. The average Bonchev–Trinajstić information content (AvgIpc) is 2.64. The summed E-state index contributed by atoms with van der Waals surface area (Å²) >= 11 is 0. The highest BCUT2D eigenvalue weighted by atomic mass is 16.3. The third kappa shape index (κ3) is 2.11. The van der Waals surface area contributed by atoms with Crippen LogP contribution in [0.5, 0.6) is 0 Å². The van der Waals surface area contributed by atoms with E-state index in [1.165, 1.54) is 11.3 Å². The molecule has 1 N–H and O–H groups in total. The van der Waals surface area contributed by atoms with Crippen molar-refractivity contribution in [3.63, 3.8) is 0 Å². The lowest BCUT2D eigenvalue weighted by Crippen LogP contribution is -1.99. The van der Waals surface area contributed by atoms with Crippen molar-refractivity contribution in [3.05, 3.63) is 46.8 Å². The maximum atomic E-state index is 9.02. The fourth-order valence-electron chi connectivity index (χ4n) is 2.18. The molecule has 1 aromatic heterocycles. The highest BCUT2D eigenvalue weighted by Gasteiger charge is 2.10. The Morgan fingerprint density at radius 1 is 1.18 bits per heavy atom. The monoisotopic (exact) mass is 230 g/mol. The molecule has 0 saturated heterocycles. The first-order valence-electron chi connectivity index (χ1n) is 5.92. The van der Waals surface area contributed by atoms with Gasteiger partial charge in [-0.25, -0.2) is 4.68 Å². The van der Waals surface area contributed by atoms with Crippen LogP contribution in [0.1, 0.15) is 29.4 Å². The molecule has 2 aromatic rings. The zero-order valence-electron chi connectivity index (χ0n) is 10.6. The van der Waals surface area contributed by atoms with E-state index in [9.17, 15) is 0 Å². The molecule has 1 heterocycles. The summed E-state index contributed by atoms with van der Waals surface area (Å²) in [6.45, 7) is 6.37. The van der Waals surface area contributed by atoms with Crippen molar-refractivity contribution in [2.24, 2.45) is 0 Å². The Hall–Kier alpha value is -1.61. The molecule has 0 atom stereocenters. The van der Waals surface area contributed by atoms with Crippen molar-refractivity contribution >= 4 is 0 Å². The summed E-state index contributed by atoms with van der Waals surface area (Å²) < 4.78 is 1.97. The molecule has 1 aromatic carbocycles. The molecule has 0 radical (unpaired) electrons. The van der Waals surface area contributed by atoms with Crippen LogP contribution in [-0.4, -0.2) is 14.9 Å². The Kier molecular flexibility index (Phi) is 3.29. The molecule has 0 fully saturated rings. The van der Waals surface area contributed by atoms with Crippen molar-refractivity contribution in [1.29, 1.82) is 0 Å². The smallest absolute Gasteiger partial charge is 0.0681 e. The van der Waals surface area contributed by atoms with Gasteiger partial charge in [0.15, 0.2) is 0 Å². The van der Waals surface area contributed by atoms with E-state index in [-0.39, 0.29) is 6.61 Å². The van der Waals surface area contributed by atoms with Crippen molar-refractivity contribution in [2.75, 3.05) is 0 Å². The molecule has 2 rings (SSSR count). The minimum atomic E-state index is 0.0810. The Bertz CT molecular complexity index is 512. The first kappa shape index (κ1) is 11.9. The second kappa shape index (κ2) is 4.72. The highest BCUT2D eigenvalue weighted by Crippen LogP contribution is 2.18. The highest BCUT2D eigenvalue weighted by molar-refractivity contribution is 5.38. The maximum absolute atomic E-state index is 9.02. The molecule has 0 bridgehead atoms. The number of benzene rings is 1. The van der Waals surface area contributed by atoms with Crippen molar-refractivity contribution in [2.45, 2.75) is 33.8 Å². The van der Waals surface area contributed by atoms with Crippen LogP contribution >= 0.6 is 0 Å². The molecule has 0 saturated carbocycles. The predicted octanol–water partition coefficient (Wildman–Crippen LogP) is 2.54. The first-order valence-corrected chi connectivity index (χ1v) is 5.92. The lowest BCUT2D eigenvalue weighted by Gasteiger charge is -2.05. The van der Waals surface area contributed by atoms with Gasteiger partial charge >= 0.3 is 0 Å². The number of aromatic nitrogens is 2. The standard InChI is InChI=1S/C14H18N2O/c1-4-14-10(2)15-16(11(14)3)13-7-5-12(9-17)6-8-13/h5-8,17H,4,9H2,1-3H3. The van der Waals surface area contributed by atoms with Crippen LogP contribution in [0.2, 0.25) is 0 Å². The number of aryl methyl sites for hydroxylation is 1. The normalized spacial score (nSPS) is 10.8. The summed E-state index contributed by atoms with van der Waals surface area (Å²) in [7, 11) is 0. The Balaban J connectivity index is 2.45. The number of nitrogens with zero attached hydrogens (tertiary/aromatic N) is 2. The van der Waals surface area contributed by atoms with Gasteiger partial charge < -0.3 is 5.11 Å². The summed E-state index contributed by atoms with van der Waals surface area (Å²) in [4.78, 5) is 0. The fraction of sp³-hybridized carbons (Fsp3) is 0.357. The van der Waals surface area contributed by atoms with Crippen LogP contribution in [0.15, 0.2) is 24.3 Å². The molecule has 17 heavy (non-hydrogen) atoms. The number of rotatable bonds is 3. The predicted molar refractivity (Wildman–Crippen MR) is 68.3 cm³/mol. The van der Waals surface area contributed by atoms with Gasteiger partial charge in [-0.3, -0.25) is 0 Å². The van der Waals surface area contributed by atoms with E-state index in [0.717, 1.165) is 23.4 Å². The average molecular weight is 230 g/mol. The molecule has 90 valence electrons. The fourth-order valence-corrected chi connectivity index (χ4v) is 2.18. The van der Waals surface area contributed by atoms with Gasteiger partial charge in [-0.2, -0.15) is 5.10 Å². The number of aliphatic hydroxyl groups is 1. The van der Waals surface area contributed by atoms with E-state index in [4.69, 9.17) is 5.11 Å². The van der Waals surface area contributed by atoms with Crippen LogP contribution in [0, 0.1) is 13.8 Å². The van der Waals surface area contributed by atoms with Crippen LogP contribution in [0.3, 0.4) is 0 Å². The number of hydrogen-bond donors (Lipinski definition) is 1. The summed E-state index contributed by atoms with van der Waals surface area (Å²) in [5.41, 5.74) is 5.57. The van der Waals surface area contributed by atoms with Gasteiger partial charge in [-0.15, -0.1) is 0 Å². The zero-order chi connectivity index (χ0) is 12.4. The Morgan fingerprint density at radius 2 is 1.82 bits per heavy atom. The molecule has 0 aliphatic carbocycles. The van der Waals surface area contributed by atoms with Crippen molar-refractivity contribution in [3.8, 4) is 5.69 Å². The van der Waals surface area contributed by atoms with Gasteiger partial charge in [-0.1, -0.05) is 19.1 Å². The summed E-state index contributed by atoms with van der Waals surface area (Å²) in [5, 5.41) is 13.6. The largest absolute Gasteiger partial charge is 0.392 e. The summed E-state index contributed by atoms with van der Waals surface area (Å²) in [5.74, 6) is 0. The third-order valence-corrected chi connectivity index (χ3v) is 3.16. The van der Waals surface area contributed by atoms with Gasteiger partial charge in [-0.05, 0) is 43.5 Å². The van der Waals surface area contributed by atoms with E-state index in [1.54, 1.807) is 0 Å². The van der Waals surface area contributed by atoms with E-state index in [1.807, 2.05) is 35.9 Å². The van der Waals surface area contributed by atoms with Gasteiger partial charge in [0, 0.05) is 5.69 Å². The van der Waals surface area contributed by atoms with Crippen LogP contribution in [-0.2, 0) is 13.0 Å². The number of hydrogen-bond acceptors (Lipinski definition) is 2. The molecule has 0 aliphatic rings. The lowest BCUT2D eigenvalue weighted by molar-refractivity contribution is 0.282. The Labute approximate surface area is 102 Å². The molecular weight excluding hydrogens is 212 g/mol. The van der Waals surface area contributed by atoms with Crippen LogP contribution in [0.25, 0.3) is 5.69 Å². The second-order valence-corrected chi connectivity index (χ2v) is 4.24. The summed E-state index contributed by atoms with van der Waals surface area (Å²) in [6, 6.07) is 7.84. The summed E-state index contributed by atoms with van der Waals surface area (Å²) in [6.07, 6.45) is 1.01. The molecule has 0 unspecified atom stereocenters. The zero-order valence-corrected chi connectivity index (χ0v) is 10.6. The van der Waals surface area contributed by atoms with E-state index in [0.29, 0.717) is 0 Å². The molecule has 0 spiro atoms. The Morgan fingerprint density at radius 3 is 2.29 bits per heavy atom. The van der Waals surface area contributed by atoms with Crippen LogP contribution in [0.4, 0.5) is 0 Å². The van der Waals surface area contributed by atoms with Crippen molar-refractivity contribution in [1.82, 2.24) is 9.78 Å². The van der Waals surface area contributed by atoms with Crippen molar-refractivity contribution < 1.29 is 5.11 Å². The molecule has 3 heteroatoms. The van der Waals surface area contributed by atoms with E-state index < -0.39 is 0 Å². The van der Waals surface area contributed by atoms with E-state index in [2.05, 4.69) is 18.9 Å². The van der Waals surface area contributed by atoms with Gasteiger partial charge in [0.1, 0.15) is 0 Å². The second-order valence-electron chi connectivity index (χ2n) is 4.24. The minimum absolute atomic E-state index is 0.0810. The quantitative estimate of drug-likeness (QED) is 0.880. The molecular formula is C14H18N2O. The maximum Gasteiger partial charge on any atom is 0.0681 e. The lowest BCUT2D eigenvalue weighted by atomic mass is 10.1. The molecule has 0 aliphatic heterocycles. The SMILES string of the molecule is CCc1c(C)nn(-c2ccc(CO)cc2)c1C. The van der Waals surface area contributed by atoms with Crippen LogP contribution < -0.4 is 0 Å². The molecule has 3 nitrogen and oxygen atoms in total. The number of aliphatic hydroxyl groups excluding tert-OH is 1. The van der Waals surface area contributed by atoms with Gasteiger partial charge in [0.25, 0.3) is 0 Å². The van der Waals surface area contributed by atoms with E-state index >= 15 is 0 Å². The van der Waals surface area contributed by atoms with Gasteiger partial charge in [0.05, 0.1) is 18.0 Å². The molecule has 0 amide bonds.